The number of rotatable bonds is 0. The number of halogens is 2. The highest BCUT2D eigenvalue weighted by Gasteiger charge is 1.89. The molecule has 5 heteroatoms. The highest BCUT2D eigenvalue weighted by Crippen LogP contribution is 1.98. The molecule has 1 N–H and O–H groups in total. The molecule has 62 valence electrons. The van der Waals surface area contributed by atoms with Gasteiger partial charge in [-0.1, -0.05) is 0 Å². The van der Waals surface area contributed by atoms with Crippen LogP contribution < -0.4 is 0 Å². The van der Waals surface area contributed by atoms with E-state index in [1.165, 1.54) is 18.3 Å². The molecule has 0 aliphatic heterocycles. The van der Waals surface area contributed by atoms with Crippen LogP contribution in [0.3, 0.4) is 0 Å². The Labute approximate surface area is 68.1 Å². The first kappa shape index (κ1) is 9.97. The minimum absolute atomic E-state index is 0.429. The number of aromatic nitrogens is 1. The molecule has 11 heavy (non-hydrogen) atoms. The van der Waals surface area contributed by atoms with Crippen LogP contribution >= 0.6 is 11.8 Å². The number of carbonyl (C=O) groups is 1. The van der Waals surface area contributed by atoms with E-state index in [9.17, 15) is 4.39 Å². The van der Waals surface area contributed by atoms with Crippen molar-refractivity contribution in [1.29, 1.82) is 0 Å². The van der Waals surface area contributed by atoms with Gasteiger partial charge in [-0.3, -0.25) is 4.79 Å². The molecule has 0 saturated carbocycles. The van der Waals surface area contributed by atoms with Crippen molar-refractivity contribution in [1.82, 2.24) is 4.09 Å². The molecule has 0 aromatic carbocycles. The molecule has 1 aromatic rings. The molecular formula is C6H7ClFNO2. The third-order valence-corrected chi connectivity index (χ3v) is 0.929. The topological polar surface area (TPSA) is 42.2 Å². The standard InChI is InChI=1S/C4H3ClFN.C2H4O2/c5-7-3-1-2-4(7)6;1-2(3)4/h1-3H;1H3,(H,3,4). The normalized spacial score (nSPS) is 8.27. The van der Waals surface area contributed by atoms with Crippen LogP contribution in [0, 0.1) is 5.95 Å². The zero-order chi connectivity index (χ0) is 8.85. The number of carboxylic acids is 1. The summed E-state index contributed by atoms with van der Waals surface area (Å²) >= 11 is 5.17. The summed E-state index contributed by atoms with van der Waals surface area (Å²) in [4.78, 5) is 9.00. The summed E-state index contributed by atoms with van der Waals surface area (Å²) in [5.74, 6) is -1.26. The zero-order valence-corrected chi connectivity index (χ0v) is 6.55. The molecule has 0 unspecified atom stereocenters. The van der Waals surface area contributed by atoms with E-state index in [0.29, 0.717) is 0 Å². The maximum atomic E-state index is 11.9. The van der Waals surface area contributed by atoms with Gasteiger partial charge in [0.1, 0.15) is 0 Å². The minimum Gasteiger partial charge on any atom is -0.481 e. The van der Waals surface area contributed by atoms with Gasteiger partial charge in [0.05, 0.1) is 0 Å². The van der Waals surface area contributed by atoms with Gasteiger partial charge < -0.3 is 5.11 Å². The summed E-state index contributed by atoms with van der Waals surface area (Å²) in [7, 11) is 0. The van der Waals surface area contributed by atoms with Crippen molar-refractivity contribution in [3.8, 4) is 0 Å². The molecule has 1 rings (SSSR count). The Morgan fingerprint density at radius 2 is 2.27 bits per heavy atom. The lowest BCUT2D eigenvalue weighted by molar-refractivity contribution is -0.134. The Morgan fingerprint density at radius 1 is 1.82 bits per heavy atom. The molecule has 0 spiro atoms. The van der Waals surface area contributed by atoms with Crippen LogP contribution in [0.2, 0.25) is 0 Å². The second-order valence-electron chi connectivity index (χ2n) is 1.66. The second-order valence-corrected chi connectivity index (χ2v) is 2.03. The molecule has 0 saturated heterocycles. The van der Waals surface area contributed by atoms with E-state index in [1.807, 2.05) is 0 Å². The van der Waals surface area contributed by atoms with Crippen molar-refractivity contribution in [3.05, 3.63) is 24.3 Å². The lowest BCUT2D eigenvalue weighted by Crippen LogP contribution is -1.78. The summed E-state index contributed by atoms with van der Waals surface area (Å²) in [6.45, 7) is 1.08. The first-order chi connectivity index (χ1) is 5.04. The molecule has 0 radical (unpaired) electrons. The first-order valence-corrected chi connectivity index (χ1v) is 3.06. The third-order valence-electron chi connectivity index (χ3n) is 0.655. The maximum absolute atomic E-state index is 11.9. The third kappa shape index (κ3) is 5.42. The molecule has 0 aliphatic rings. The minimum atomic E-state index is -0.833. The van der Waals surface area contributed by atoms with Crippen LogP contribution in [-0.4, -0.2) is 15.2 Å². The van der Waals surface area contributed by atoms with Gasteiger partial charge in [-0.15, -0.1) is 0 Å². The predicted octanol–water partition coefficient (Wildman–Crippen LogP) is 1.72. The molecule has 0 atom stereocenters. The fourth-order valence-corrected chi connectivity index (χ4v) is 0.462. The van der Waals surface area contributed by atoms with E-state index in [2.05, 4.69) is 0 Å². The zero-order valence-electron chi connectivity index (χ0n) is 5.79. The van der Waals surface area contributed by atoms with Gasteiger partial charge in [0, 0.05) is 24.9 Å². The monoisotopic (exact) mass is 179 g/mol. The summed E-state index contributed by atoms with van der Waals surface area (Å²) < 4.78 is 12.8. The molecule has 1 heterocycles. The molecule has 0 aliphatic carbocycles. The van der Waals surface area contributed by atoms with E-state index in [-0.39, 0.29) is 0 Å². The van der Waals surface area contributed by atoms with E-state index in [4.69, 9.17) is 21.7 Å². The molecule has 0 amide bonds. The first-order valence-electron chi connectivity index (χ1n) is 2.72. The van der Waals surface area contributed by atoms with Crippen LogP contribution in [0.25, 0.3) is 0 Å². The largest absolute Gasteiger partial charge is 0.481 e. The van der Waals surface area contributed by atoms with Crippen LogP contribution in [0.1, 0.15) is 6.92 Å². The van der Waals surface area contributed by atoms with Crippen LogP contribution in [0.4, 0.5) is 4.39 Å². The molecule has 1 aromatic heterocycles. The quantitative estimate of drug-likeness (QED) is 0.659. The summed E-state index contributed by atoms with van der Waals surface area (Å²) in [6, 6.07) is 2.81. The van der Waals surface area contributed by atoms with Gasteiger partial charge in [0.2, 0.25) is 5.95 Å². The highest BCUT2D eigenvalue weighted by atomic mass is 35.5. The van der Waals surface area contributed by atoms with Gasteiger partial charge in [-0.25, -0.2) is 4.09 Å². The Balaban J connectivity index is 0.000000218. The van der Waals surface area contributed by atoms with Crippen LogP contribution in [-0.2, 0) is 4.79 Å². The van der Waals surface area contributed by atoms with Crippen molar-refractivity contribution < 1.29 is 14.3 Å². The average molecular weight is 180 g/mol. The van der Waals surface area contributed by atoms with Crippen molar-refractivity contribution in [3.63, 3.8) is 0 Å². The lowest BCUT2D eigenvalue weighted by atomic mass is 10.7. The summed E-state index contributed by atoms with van der Waals surface area (Å²) in [5.41, 5.74) is 0. The van der Waals surface area contributed by atoms with Gasteiger partial charge >= 0.3 is 0 Å². The Morgan fingerprint density at radius 3 is 2.36 bits per heavy atom. The fraction of sp³-hybridized carbons (Fsp3) is 0.167. The van der Waals surface area contributed by atoms with Crippen molar-refractivity contribution in [2.75, 3.05) is 0 Å². The average Bonchev–Trinajstić information content (AvgIpc) is 2.15. The van der Waals surface area contributed by atoms with Crippen LogP contribution in [0.15, 0.2) is 18.3 Å². The van der Waals surface area contributed by atoms with E-state index in [0.717, 1.165) is 11.0 Å². The maximum Gasteiger partial charge on any atom is 0.300 e. The second kappa shape index (κ2) is 4.73. The molecular weight excluding hydrogens is 173 g/mol. The lowest BCUT2D eigenvalue weighted by Gasteiger charge is -1.80. The van der Waals surface area contributed by atoms with E-state index < -0.39 is 11.9 Å². The molecule has 3 nitrogen and oxygen atoms in total. The SMILES string of the molecule is CC(=O)O.Fc1cccn1Cl. The number of hydrogen-bond donors (Lipinski definition) is 1. The smallest absolute Gasteiger partial charge is 0.300 e. The Kier molecular flexibility index (Phi) is 4.29. The van der Waals surface area contributed by atoms with Gasteiger partial charge in [0.25, 0.3) is 5.97 Å². The highest BCUT2D eigenvalue weighted by molar-refractivity contribution is 6.15. The van der Waals surface area contributed by atoms with E-state index >= 15 is 0 Å². The van der Waals surface area contributed by atoms with Crippen molar-refractivity contribution in [2.45, 2.75) is 6.92 Å². The Hall–Kier alpha value is -1.03. The predicted molar refractivity (Wildman–Crippen MR) is 39.0 cm³/mol. The number of carboxylic acid groups (broad SMARTS) is 1. The van der Waals surface area contributed by atoms with Gasteiger partial charge in [-0.2, -0.15) is 4.39 Å². The van der Waals surface area contributed by atoms with Crippen molar-refractivity contribution in [2.24, 2.45) is 0 Å². The number of aliphatic carboxylic acids is 1. The molecule has 0 bridgehead atoms. The van der Waals surface area contributed by atoms with Crippen LogP contribution in [0.5, 0.6) is 0 Å². The number of nitrogens with zero attached hydrogens (tertiary/aromatic N) is 1. The van der Waals surface area contributed by atoms with Crippen molar-refractivity contribution >= 4 is 17.7 Å². The summed E-state index contributed by atoms with van der Waals surface area (Å²) in [6.07, 6.45) is 1.43. The van der Waals surface area contributed by atoms with Gasteiger partial charge in [0.15, 0.2) is 0 Å². The Bertz CT molecular complexity index is 216. The number of hydrogen-bond acceptors (Lipinski definition) is 1. The fourth-order valence-electron chi connectivity index (χ4n) is 0.340. The van der Waals surface area contributed by atoms with E-state index in [1.54, 1.807) is 0 Å². The summed E-state index contributed by atoms with van der Waals surface area (Å²) in [5, 5.41) is 7.42. The molecule has 0 fully saturated rings. The van der Waals surface area contributed by atoms with Gasteiger partial charge in [-0.05, 0) is 12.1 Å².